The molecule has 2 heteroatoms. The van der Waals surface area contributed by atoms with Crippen LogP contribution in [0.25, 0.3) is 0 Å². The molecule has 126 valence electrons. The summed E-state index contributed by atoms with van der Waals surface area (Å²) >= 11 is 0. The van der Waals surface area contributed by atoms with Crippen LogP contribution in [-0.4, -0.2) is 21.9 Å². The van der Waals surface area contributed by atoms with Gasteiger partial charge in [0.15, 0.2) is 0 Å². The number of hydrogen-bond donors (Lipinski definition) is 2. The second-order valence-electron chi connectivity index (χ2n) is 8.91. The molecule has 0 heterocycles. The maximum absolute atomic E-state index is 10.7. The number of rotatable bonds is 4. The summed E-state index contributed by atoms with van der Waals surface area (Å²) in [7, 11) is 0. The first-order valence-corrected chi connectivity index (χ1v) is 8.75. The monoisotopic (exact) mass is 306 g/mol. The summed E-state index contributed by atoms with van der Waals surface area (Å²) < 4.78 is 0. The van der Waals surface area contributed by atoms with Gasteiger partial charge in [0.05, 0.1) is 11.7 Å². The molecule has 0 aliphatic heterocycles. The highest BCUT2D eigenvalue weighted by Gasteiger charge is 2.56. The summed E-state index contributed by atoms with van der Waals surface area (Å²) in [6.45, 7) is 16.8. The summed E-state index contributed by atoms with van der Waals surface area (Å²) in [6, 6.07) is 0. The Hall–Kier alpha value is -0.600. The largest absolute Gasteiger partial charge is 0.392 e. The van der Waals surface area contributed by atoms with Crippen LogP contribution in [0, 0.1) is 22.7 Å². The van der Waals surface area contributed by atoms with Gasteiger partial charge in [-0.05, 0) is 61.7 Å². The predicted molar refractivity (Wildman–Crippen MR) is 92.5 cm³/mol. The van der Waals surface area contributed by atoms with Crippen molar-refractivity contribution in [2.45, 2.75) is 77.9 Å². The van der Waals surface area contributed by atoms with Crippen molar-refractivity contribution >= 4 is 0 Å². The van der Waals surface area contributed by atoms with Gasteiger partial charge in [0.2, 0.25) is 0 Å². The van der Waals surface area contributed by atoms with E-state index in [9.17, 15) is 10.2 Å². The van der Waals surface area contributed by atoms with E-state index in [0.717, 1.165) is 12.8 Å². The molecule has 0 aromatic carbocycles. The van der Waals surface area contributed by atoms with Crippen molar-refractivity contribution in [1.29, 1.82) is 0 Å². The Bertz CT molecular complexity index is 449. The first-order valence-electron chi connectivity index (χ1n) is 8.75. The molecule has 0 spiro atoms. The number of fused-ring (bicyclic) bond motifs is 1. The second-order valence-corrected chi connectivity index (χ2v) is 8.91. The Morgan fingerprint density at radius 1 is 1.32 bits per heavy atom. The first-order chi connectivity index (χ1) is 10.0. The molecular weight excluding hydrogens is 272 g/mol. The van der Waals surface area contributed by atoms with E-state index in [1.54, 1.807) is 6.08 Å². The molecule has 2 N–H and O–H groups in total. The second kappa shape index (κ2) is 5.79. The van der Waals surface area contributed by atoms with Crippen molar-refractivity contribution in [2.24, 2.45) is 22.7 Å². The summed E-state index contributed by atoms with van der Waals surface area (Å²) in [4.78, 5) is 0. The third kappa shape index (κ3) is 3.05. The molecule has 0 amide bonds. The highest BCUT2D eigenvalue weighted by atomic mass is 16.3. The third-order valence-electron chi connectivity index (χ3n) is 6.61. The van der Waals surface area contributed by atoms with E-state index < -0.39 is 5.60 Å². The number of aliphatic hydroxyl groups is 2. The summed E-state index contributed by atoms with van der Waals surface area (Å²) in [5.74, 6) is 0.699. The Balaban J connectivity index is 2.28. The van der Waals surface area contributed by atoms with Gasteiger partial charge in [0.1, 0.15) is 0 Å². The zero-order valence-corrected chi connectivity index (χ0v) is 14.9. The van der Waals surface area contributed by atoms with E-state index in [0.29, 0.717) is 24.7 Å². The van der Waals surface area contributed by atoms with E-state index in [1.807, 2.05) is 6.92 Å². The molecule has 2 fully saturated rings. The molecule has 22 heavy (non-hydrogen) atoms. The lowest BCUT2D eigenvalue weighted by Crippen LogP contribution is -2.55. The van der Waals surface area contributed by atoms with E-state index >= 15 is 0 Å². The molecule has 0 aromatic heterocycles. The number of hydrogen-bond acceptors (Lipinski definition) is 2. The molecular formula is C20H34O2. The molecule has 0 aromatic rings. The Morgan fingerprint density at radius 2 is 1.95 bits per heavy atom. The van der Waals surface area contributed by atoms with E-state index in [1.165, 1.54) is 18.4 Å². The summed E-state index contributed by atoms with van der Waals surface area (Å²) in [5, 5.41) is 21.0. The van der Waals surface area contributed by atoms with Gasteiger partial charge in [-0.15, -0.1) is 6.58 Å². The molecule has 2 nitrogen and oxygen atoms in total. The molecule has 0 saturated heterocycles. The van der Waals surface area contributed by atoms with Crippen molar-refractivity contribution < 1.29 is 10.2 Å². The van der Waals surface area contributed by atoms with Crippen molar-refractivity contribution in [3.05, 3.63) is 24.8 Å². The zero-order valence-electron chi connectivity index (χ0n) is 14.9. The Labute approximate surface area is 136 Å². The van der Waals surface area contributed by atoms with Gasteiger partial charge in [-0.1, -0.05) is 45.4 Å². The summed E-state index contributed by atoms with van der Waals surface area (Å²) in [6.07, 6.45) is 7.26. The minimum atomic E-state index is -0.813. The van der Waals surface area contributed by atoms with Gasteiger partial charge in [-0.2, -0.15) is 0 Å². The van der Waals surface area contributed by atoms with Crippen molar-refractivity contribution in [3.8, 4) is 0 Å². The first kappa shape index (κ1) is 17.7. The lowest BCUT2D eigenvalue weighted by Gasteiger charge is -2.59. The lowest BCUT2D eigenvalue weighted by molar-refractivity contribution is -0.123. The highest BCUT2D eigenvalue weighted by Crippen LogP contribution is 2.61. The topological polar surface area (TPSA) is 40.5 Å². The quantitative estimate of drug-likeness (QED) is 0.752. The molecule has 2 aliphatic carbocycles. The Morgan fingerprint density at radius 3 is 2.55 bits per heavy atom. The van der Waals surface area contributed by atoms with Crippen LogP contribution in [0.2, 0.25) is 0 Å². The number of aliphatic hydroxyl groups excluding tert-OH is 1. The fourth-order valence-electron chi connectivity index (χ4n) is 5.55. The molecule has 2 rings (SSSR count). The van der Waals surface area contributed by atoms with Gasteiger partial charge in [0.25, 0.3) is 0 Å². The van der Waals surface area contributed by atoms with E-state index in [2.05, 4.69) is 33.9 Å². The predicted octanol–water partition coefficient (Wildman–Crippen LogP) is 4.47. The highest BCUT2D eigenvalue weighted by molar-refractivity contribution is 5.18. The molecule has 1 unspecified atom stereocenters. The zero-order chi connectivity index (χ0) is 16.8. The van der Waals surface area contributed by atoms with Crippen molar-refractivity contribution in [3.63, 3.8) is 0 Å². The van der Waals surface area contributed by atoms with Crippen LogP contribution in [0.5, 0.6) is 0 Å². The maximum atomic E-state index is 10.7. The fraction of sp³-hybridized carbons (Fsp3) is 0.800. The normalized spacial score (nSPS) is 40.6. The molecule has 0 bridgehead atoms. The molecule has 0 radical (unpaired) electrons. The minimum Gasteiger partial charge on any atom is -0.392 e. The lowest BCUT2D eigenvalue weighted by atomic mass is 9.46. The smallest absolute Gasteiger partial charge is 0.0797 e. The maximum Gasteiger partial charge on any atom is 0.0797 e. The Kier molecular flexibility index (Phi) is 4.68. The van der Waals surface area contributed by atoms with Crippen LogP contribution < -0.4 is 0 Å². The van der Waals surface area contributed by atoms with Crippen LogP contribution in [0.1, 0.15) is 66.2 Å². The molecule has 2 aliphatic rings. The third-order valence-corrected chi connectivity index (χ3v) is 6.61. The van der Waals surface area contributed by atoms with E-state index in [-0.39, 0.29) is 16.9 Å². The standard InChI is InChI=1S/C20H34O2/c1-7-19(5,22)12-9-15-14(2)13-16(21)17-18(3,4)10-8-11-20(15,17)6/h7,15-17,21-22H,1-2,8-13H2,3-6H3/t15-,16-,17-,19?,20+/m0/s1. The SMILES string of the molecule is C=CC(C)(O)CC[C@H]1C(=C)C[C@H](O)[C@H]2C(C)(C)CCC[C@]12C. The van der Waals surface area contributed by atoms with Crippen LogP contribution in [0.4, 0.5) is 0 Å². The van der Waals surface area contributed by atoms with Crippen molar-refractivity contribution in [1.82, 2.24) is 0 Å². The molecule has 2 saturated carbocycles. The van der Waals surface area contributed by atoms with Crippen LogP contribution >= 0.6 is 0 Å². The van der Waals surface area contributed by atoms with Gasteiger partial charge in [0, 0.05) is 0 Å². The van der Waals surface area contributed by atoms with Crippen LogP contribution in [0.15, 0.2) is 24.8 Å². The van der Waals surface area contributed by atoms with Gasteiger partial charge < -0.3 is 10.2 Å². The fourth-order valence-corrected chi connectivity index (χ4v) is 5.55. The van der Waals surface area contributed by atoms with Crippen LogP contribution in [-0.2, 0) is 0 Å². The van der Waals surface area contributed by atoms with Gasteiger partial charge in [-0.3, -0.25) is 0 Å². The molecule has 5 atom stereocenters. The minimum absolute atomic E-state index is 0.0910. The van der Waals surface area contributed by atoms with Crippen LogP contribution in [0.3, 0.4) is 0 Å². The average molecular weight is 306 g/mol. The van der Waals surface area contributed by atoms with E-state index in [4.69, 9.17) is 0 Å². The van der Waals surface area contributed by atoms with Crippen molar-refractivity contribution in [2.75, 3.05) is 0 Å². The van der Waals surface area contributed by atoms with Gasteiger partial charge >= 0.3 is 0 Å². The van der Waals surface area contributed by atoms with Gasteiger partial charge in [-0.25, -0.2) is 0 Å². The average Bonchev–Trinajstić information content (AvgIpc) is 2.36. The summed E-state index contributed by atoms with van der Waals surface area (Å²) in [5.41, 5.74) is 0.621.